The van der Waals surface area contributed by atoms with Gasteiger partial charge in [-0.15, -0.1) is 5.10 Å². The van der Waals surface area contributed by atoms with Crippen molar-refractivity contribution in [1.29, 1.82) is 0 Å². The lowest BCUT2D eigenvalue weighted by atomic mass is 10.1. The van der Waals surface area contributed by atoms with Gasteiger partial charge in [0.15, 0.2) is 0 Å². The van der Waals surface area contributed by atoms with Gasteiger partial charge in [0.2, 0.25) is 11.5 Å². The molecule has 2 aromatic carbocycles. The number of amides is 1. The first-order chi connectivity index (χ1) is 16.8. The van der Waals surface area contributed by atoms with Crippen LogP contribution >= 0.6 is 11.6 Å². The smallest absolute Gasteiger partial charge is 0.296 e. The number of hydrogen-bond donors (Lipinski definition) is 1. The summed E-state index contributed by atoms with van der Waals surface area (Å²) in [6.45, 7) is 6.35. The number of rotatable bonds is 6. The summed E-state index contributed by atoms with van der Waals surface area (Å²) >= 11 is 6.02. The first-order valence-corrected chi connectivity index (χ1v) is 11.5. The average molecular weight is 491 g/mol. The molecule has 5 rings (SSSR count). The predicted octanol–water partition coefficient (Wildman–Crippen LogP) is 3.63. The van der Waals surface area contributed by atoms with Crippen molar-refractivity contribution in [3.05, 3.63) is 91.8 Å². The fourth-order valence-corrected chi connectivity index (χ4v) is 4.27. The van der Waals surface area contributed by atoms with Crippen molar-refractivity contribution >= 4 is 34.2 Å². The SMILES string of the molecule is Cc1ccc2c(c1)n(Cc1ccc(Cl)cc1)c(=O)c1nc(C(=O)NCCc3c(C)noc3C)nn12. The zero-order chi connectivity index (χ0) is 24.7. The van der Waals surface area contributed by atoms with Crippen LogP contribution in [0.2, 0.25) is 5.02 Å². The van der Waals surface area contributed by atoms with E-state index in [0.29, 0.717) is 35.6 Å². The molecule has 5 aromatic rings. The highest BCUT2D eigenvalue weighted by Gasteiger charge is 2.19. The highest BCUT2D eigenvalue weighted by Crippen LogP contribution is 2.18. The predicted molar refractivity (Wildman–Crippen MR) is 132 cm³/mol. The zero-order valence-corrected chi connectivity index (χ0v) is 20.3. The molecule has 9 nitrogen and oxygen atoms in total. The van der Waals surface area contributed by atoms with Gasteiger partial charge in [0.1, 0.15) is 5.76 Å². The standard InChI is InChI=1S/C25H23ClN6O3/c1-14-4-9-20-21(12-14)31(13-17-5-7-18(26)8-6-17)25(34)23-28-22(29-32(20)23)24(33)27-11-10-19-15(2)30-35-16(19)3/h4-9,12H,10-11,13H2,1-3H3,(H,27,33). The maximum Gasteiger partial charge on any atom is 0.296 e. The molecule has 35 heavy (non-hydrogen) atoms. The van der Waals surface area contributed by atoms with Crippen LogP contribution in [0.25, 0.3) is 16.7 Å². The Morgan fingerprint density at radius 3 is 2.57 bits per heavy atom. The van der Waals surface area contributed by atoms with Crippen LogP contribution in [0.15, 0.2) is 51.8 Å². The minimum absolute atomic E-state index is 0.0630. The minimum atomic E-state index is -0.454. The van der Waals surface area contributed by atoms with E-state index in [-0.39, 0.29) is 17.0 Å². The average Bonchev–Trinajstić information content (AvgIpc) is 3.42. The van der Waals surface area contributed by atoms with Crippen molar-refractivity contribution in [3.63, 3.8) is 0 Å². The molecular formula is C25H23ClN6O3. The fourth-order valence-electron chi connectivity index (χ4n) is 4.14. The summed E-state index contributed by atoms with van der Waals surface area (Å²) in [4.78, 5) is 30.6. The third-order valence-corrected chi connectivity index (χ3v) is 6.24. The highest BCUT2D eigenvalue weighted by molar-refractivity contribution is 6.30. The number of nitrogens with zero attached hydrogens (tertiary/aromatic N) is 5. The molecule has 0 radical (unpaired) electrons. The lowest BCUT2D eigenvalue weighted by molar-refractivity contribution is 0.0944. The largest absolute Gasteiger partial charge is 0.361 e. The number of carbonyl (C=O) groups is 1. The number of halogens is 1. The summed E-state index contributed by atoms with van der Waals surface area (Å²) in [6.07, 6.45) is 0.566. The van der Waals surface area contributed by atoms with Gasteiger partial charge in [0.05, 0.1) is 23.3 Å². The van der Waals surface area contributed by atoms with E-state index in [0.717, 1.165) is 28.1 Å². The van der Waals surface area contributed by atoms with Crippen LogP contribution in [-0.2, 0) is 13.0 Å². The Bertz CT molecular complexity index is 1610. The third kappa shape index (κ3) is 4.30. The summed E-state index contributed by atoms with van der Waals surface area (Å²) in [5.74, 6) is 0.210. The van der Waals surface area contributed by atoms with Crippen molar-refractivity contribution in [2.75, 3.05) is 6.54 Å². The van der Waals surface area contributed by atoms with Crippen LogP contribution in [0.3, 0.4) is 0 Å². The van der Waals surface area contributed by atoms with Crippen LogP contribution in [0.4, 0.5) is 0 Å². The van der Waals surface area contributed by atoms with Gasteiger partial charge in [-0.2, -0.15) is 4.98 Å². The van der Waals surface area contributed by atoms with Gasteiger partial charge in [0.25, 0.3) is 11.5 Å². The van der Waals surface area contributed by atoms with Gasteiger partial charge in [-0.05, 0) is 62.6 Å². The zero-order valence-electron chi connectivity index (χ0n) is 19.5. The highest BCUT2D eigenvalue weighted by atomic mass is 35.5. The molecule has 3 heterocycles. The summed E-state index contributed by atoms with van der Waals surface area (Å²) in [7, 11) is 0. The van der Waals surface area contributed by atoms with Crippen LogP contribution < -0.4 is 10.9 Å². The number of carbonyl (C=O) groups excluding carboxylic acids is 1. The topological polar surface area (TPSA) is 107 Å². The molecular weight excluding hydrogens is 468 g/mol. The molecule has 3 aromatic heterocycles. The summed E-state index contributed by atoms with van der Waals surface area (Å²) in [5.41, 5.74) is 4.81. The van der Waals surface area contributed by atoms with Gasteiger partial charge in [-0.3, -0.25) is 14.2 Å². The van der Waals surface area contributed by atoms with Gasteiger partial charge in [0, 0.05) is 17.1 Å². The van der Waals surface area contributed by atoms with Crippen LogP contribution in [0.5, 0.6) is 0 Å². The van der Waals surface area contributed by atoms with E-state index >= 15 is 0 Å². The Balaban J connectivity index is 1.50. The maximum absolute atomic E-state index is 13.5. The second kappa shape index (κ2) is 8.99. The van der Waals surface area contributed by atoms with Crippen LogP contribution in [0.1, 0.15) is 38.8 Å². The second-order valence-corrected chi connectivity index (χ2v) is 8.93. The maximum atomic E-state index is 13.5. The first kappa shape index (κ1) is 22.8. The number of benzene rings is 2. The number of aromatic nitrogens is 5. The molecule has 1 N–H and O–H groups in total. The molecule has 0 fully saturated rings. The molecule has 0 atom stereocenters. The normalized spacial score (nSPS) is 11.4. The number of nitrogens with one attached hydrogen (secondary N) is 1. The van der Waals surface area contributed by atoms with Crippen LogP contribution in [-0.4, -0.2) is 36.8 Å². The van der Waals surface area contributed by atoms with Crippen molar-refractivity contribution in [2.45, 2.75) is 33.7 Å². The summed E-state index contributed by atoms with van der Waals surface area (Å²) in [5, 5.41) is 11.7. The number of aryl methyl sites for hydroxylation is 3. The lowest BCUT2D eigenvalue weighted by Gasteiger charge is -2.12. The Labute approximate surface area is 205 Å². The summed E-state index contributed by atoms with van der Waals surface area (Å²) in [6, 6.07) is 13.1. The number of hydrogen-bond acceptors (Lipinski definition) is 6. The molecule has 0 unspecified atom stereocenters. The first-order valence-electron chi connectivity index (χ1n) is 11.2. The molecule has 0 aliphatic heterocycles. The lowest BCUT2D eigenvalue weighted by Crippen LogP contribution is -2.27. The molecule has 1 amide bonds. The molecule has 0 saturated carbocycles. The van der Waals surface area contributed by atoms with Crippen molar-refractivity contribution < 1.29 is 9.32 Å². The monoisotopic (exact) mass is 490 g/mol. The molecule has 0 bridgehead atoms. The minimum Gasteiger partial charge on any atom is -0.361 e. The Morgan fingerprint density at radius 1 is 1.09 bits per heavy atom. The van der Waals surface area contributed by atoms with E-state index in [1.165, 1.54) is 4.52 Å². The van der Waals surface area contributed by atoms with Crippen molar-refractivity contribution in [2.24, 2.45) is 0 Å². The van der Waals surface area contributed by atoms with Gasteiger partial charge < -0.3 is 9.84 Å². The van der Waals surface area contributed by atoms with Crippen molar-refractivity contribution in [1.82, 2.24) is 29.6 Å². The molecule has 0 saturated heterocycles. The molecule has 0 spiro atoms. The molecule has 0 aliphatic rings. The Morgan fingerprint density at radius 2 is 1.86 bits per heavy atom. The molecule has 10 heteroatoms. The fraction of sp³-hybridized carbons (Fsp3) is 0.240. The third-order valence-electron chi connectivity index (χ3n) is 5.99. The Hall–Kier alpha value is -3.98. The second-order valence-electron chi connectivity index (χ2n) is 8.49. The summed E-state index contributed by atoms with van der Waals surface area (Å²) < 4.78 is 8.26. The van der Waals surface area contributed by atoms with E-state index in [9.17, 15) is 9.59 Å². The van der Waals surface area contributed by atoms with Gasteiger partial charge in [-0.1, -0.05) is 35.0 Å². The van der Waals surface area contributed by atoms with Gasteiger partial charge in [-0.25, -0.2) is 4.52 Å². The van der Waals surface area contributed by atoms with E-state index in [1.54, 1.807) is 16.7 Å². The molecule has 178 valence electrons. The number of fused-ring (bicyclic) bond motifs is 3. The van der Waals surface area contributed by atoms with Gasteiger partial charge >= 0.3 is 0 Å². The van der Waals surface area contributed by atoms with E-state index in [1.807, 2.05) is 51.1 Å². The van der Waals surface area contributed by atoms with E-state index < -0.39 is 5.91 Å². The van der Waals surface area contributed by atoms with Crippen molar-refractivity contribution in [3.8, 4) is 0 Å². The van der Waals surface area contributed by atoms with Crippen LogP contribution in [0, 0.1) is 20.8 Å². The molecule has 0 aliphatic carbocycles. The Kier molecular flexibility index (Phi) is 5.86. The van der Waals surface area contributed by atoms with E-state index in [4.69, 9.17) is 16.1 Å². The van der Waals surface area contributed by atoms with E-state index in [2.05, 4.69) is 20.6 Å². The quantitative estimate of drug-likeness (QED) is 0.389.